The third kappa shape index (κ3) is 3.50. The maximum Gasteiger partial charge on any atom is 0.233 e. The quantitative estimate of drug-likeness (QED) is 0.776. The highest BCUT2D eigenvalue weighted by atomic mass is 32.2. The topological polar surface area (TPSA) is 86.3 Å². The maximum atomic E-state index is 12.2. The second-order valence-electron chi connectivity index (χ2n) is 4.66. The number of ether oxygens (including phenoxy) is 1. The SMILES string of the molecule is CCn1c(CN)nnc1SCC(=O)N1CCOC(C)C1. The van der Waals surface area contributed by atoms with Gasteiger partial charge in [-0.25, -0.2) is 0 Å². The van der Waals surface area contributed by atoms with Crippen LogP contribution in [0.5, 0.6) is 0 Å². The molecule has 1 fully saturated rings. The van der Waals surface area contributed by atoms with E-state index in [-0.39, 0.29) is 12.0 Å². The molecule has 0 aromatic carbocycles. The molecule has 20 heavy (non-hydrogen) atoms. The predicted octanol–water partition coefficient (Wildman–Crippen LogP) is 0.0961. The van der Waals surface area contributed by atoms with Crippen LogP contribution < -0.4 is 5.73 Å². The van der Waals surface area contributed by atoms with Crippen molar-refractivity contribution in [3.05, 3.63) is 5.82 Å². The first-order valence-electron chi connectivity index (χ1n) is 6.80. The third-order valence-electron chi connectivity index (χ3n) is 3.21. The Morgan fingerprint density at radius 1 is 1.55 bits per heavy atom. The Labute approximate surface area is 122 Å². The summed E-state index contributed by atoms with van der Waals surface area (Å²) in [7, 11) is 0. The van der Waals surface area contributed by atoms with Gasteiger partial charge in [0.05, 0.1) is 25.0 Å². The molecule has 0 aliphatic carbocycles. The number of morpholine rings is 1. The molecule has 1 aliphatic heterocycles. The number of hydrogen-bond acceptors (Lipinski definition) is 6. The van der Waals surface area contributed by atoms with Crippen LogP contribution in [0.1, 0.15) is 19.7 Å². The summed E-state index contributed by atoms with van der Waals surface area (Å²) in [6.07, 6.45) is 0.112. The van der Waals surface area contributed by atoms with Crippen molar-refractivity contribution in [2.75, 3.05) is 25.4 Å². The van der Waals surface area contributed by atoms with Crippen molar-refractivity contribution < 1.29 is 9.53 Å². The van der Waals surface area contributed by atoms with E-state index in [1.807, 2.05) is 23.3 Å². The minimum atomic E-state index is 0.112. The van der Waals surface area contributed by atoms with Gasteiger partial charge in [0.1, 0.15) is 5.82 Å². The Morgan fingerprint density at radius 3 is 3.00 bits per heavy atom. The van der Waals surface area contributed by atoms with Crippen LogP contribution in [0.15, 0.2) is 5.16 Å². The standard InChI is InChI=1S/C12H21N5O2S/c1-3-17-10(6-13)14-15-12(17)20-8-11(18)16-4-5-19-9(2)7-16/h9H,3-8,13H2,1-2H3. The average molecular weight is 299 g/mol. The second kappa shape index (κ2) is 7.05. The largest absolute Gasteiger partial charge is 0.375 e. The number of nitrogens with two attached hydrogens (primary N) is 1. The van der Waals surface area contributed by atoms with Crippen molar-refractivity contribution in [1.29, 1.82) is 0 Å². The van der Waals surface area contributed by atoms with E-state index < -0.39 is 0 Å². The number of rotatable bonds is 5. The third-order valence-corrected chi connectivity index (χ3v) is 4.16. The van der Waals surface area contributed by atoms with Gasteiger partial charge in [-0.05, 0) is 13.8 Å². The first-order chi connectivity index (χ1) is 9.65. The first-order valence-corrected chi connectivity index (χ1v) is 7.78. The molecule has 2 heterocycles. The van der Waals surface area contributed by atoms with E-state index >= 15 is 0 Å². The van der Waals surface area contributed by atoms with Gasteiger partial charge in [-0.2, -0.15) is 0 Å². The molecule has 1 aromatic heterocycles. The van der Waals surface area contributed by atoms with Gasteiger partial charge >= 0.3 is 0 Å². The molecule has 1 aromatic rings. The predicted molar refractivity (Wildman–Crippen MR) is 76.3 cm³/mol. The highest BCUT2D eigenvalue weighted by Crippen LogP contribution is 2.18. The molecule has 7 nitrogen and oxygen atoms in total. The van der Waals surface area contributed by atoms with Crippen LogP contribution in [0.2, 0.25) is 0 Å². The van der Waals surface area contributed by atoms with Crippen LogP contribution in [0.25, 0.3) is 0 Å². The van der Waals surface area contributed by atoms with E-state index in [4.69, 9.17) is 10.5 Å². The minimum absolute atomic E-state index is 0.112. The Kier molecular flexibility index (Phi) is 5.38. The second-order valence-corrected chi connectivity index (χ2v) is 5.60. The fraction of sp³-hybridized carbons (Fsp3) is 0.750. The number of carbonyl (C=O) groups excluding carboxylic acids is 1. The van der Waals surface area contributed by atoms with Gasteiger partial charge < -0.3 is 19.9 Å². The zero-order valence-corrected chi connectivity index (χ0v) is 12.7. The summed E-state index contributed by atoms with van der Waals surface area (Å²) >= 11 is 1.41. The molecule has 0 saturated carbocycles. The number of nitrogens with zero attached hydrogens (tertiary/aromatic N) is 4. The van der Waals surface area contributed by atoms with Crippen LogP contribution >= 0.6 is 11.8 Å². The fourth-order valence-corrected chi connectivity index (χ4v) is 3.08. The summed E-state index contributed by atoms with van der Waals surface area (Å²) in [5.41, 5.74) is 5.61. The molecule has 2 N–H and O–H groups in total. The van der Waals surface area contributed by atoms with Crippen LogP contribution in [-0.2, 0) is 22.6 Å². The molecular weight excluding hydrogens is 278 g/mol. The summed E-state index contributed by atoms with van der Waals surface area (Å²) in [5, 5.41) is 8.87. The van der Waals surface area contributed by atoms with E-state index in [9.17, 15) is 4.79 Å². The fourth-order valence-electron chi connectivity index (χ4n) is 2.16. The van der Waals surface area contributed by atoms with E-state index in [1.165, 1.54) is 11.8 Å². The van der Waals surface area contributed by atoms with Gasteiger partial charge in [-0.1, -0.05) is 11.8 Å². The van der Waals surface area contributed by atoms with Crippen LogP contribution in [0.4, 0.5) is 0 Å². The van der Waals surface area contributed by atoms with Crippen molar-refractivity contribution >= 4 is 17.7 Å². The molecule has 1 unspecified atom stereocenters. The van der Waals surface area contributed by atoms with Crippen molar-refractivity contribution in [2.24, 2.45) is 5.73 Å². The zero-order chi connectivity index (χ0) is 14.5. The number of carbonyl (C=O) groups is 1. The Balaban J connectivity index is 1.91. The van der Waals surface area contributed by atoms with Crippen molar-refractivity contribution in [3.8, 4) is 0 Å². The molecule has 0 radical (unpaired) electrons. The molecule has 1 amide bonds. The van der Waals surface area contributed by atoms with E-state index in [2.05, 4.69) is 10.2 Å². The number of aromatic nitrogens is 3. The van der Waals surface area contributed by atoms with Crippen molar-refractivity contribution in [1.82, 2.24) is 19.7 Å². The number of hydrogen-bond donors (Lipinski definition) is 1. The van der Waals surface area contributed by atoms with Gasteiger partial charge in [0.15, 0.2) is 5.16 Å². The summed E-state index contributed by atoms with van der Waals surface area (Å²) in [6.45, 7) is 7.04. The Morgan fingerprint density at radius 2 is 2.35 bits per heavy atom. The maximum absolute atomic E-state index is 12.2. The minimum Gasteiger partial charge on any atom is -0.375 e. The molecule has 1 atom stereocenters. The van der Waals surface area contributed by atoms with Crippen molar-refractivity contribution in [2.45, 2.75) is 38.2 Å². The summed E-state index contributed by atoms with van der Waals surface area (Å²) in [5.74, 6) is 1.24. The molecule has 0 bridgehead atoms. The summed E-state index contributed by atoms with van der Waals surface area (Å²) in [4.78, 5) is 14.0. The Bertz CT molecular complexity index is 465. The molecule has 112 valence electrons. The van der Waals surface area contributed by atoms with Crippen LogP contribution in [0, 0.1) is 0 Å². The lowest BCUT2D eigenvalue weighted by molar-refractivity contribution is -0.135. The van der Waals surface area contributed by atoms with Crippen LogP contribution in [0.3, 0.4) is 0 Å². The normalized spacial score (nSPS) is 19.4. The number of amides is 1. The van der Waals surface area contributed by atoms with Crippen LogP contribution in [-0.4, -0.2) is 57.1 Å². The van der Waals surface area contributed by atoms with E-state index in [0.717, 1.165) is 17.5 Å². The highest BCUT2D eigenvalue weighted by molar-refractivity contribution is 7.99. The molecule has 0 spiro atoms. The Hall–Kier alpha value is -1.12. The lowest BCUT2D eigenvalue weighted by atomic mass is 10.3. The molecular formula is C12H21N5O2S. The van der Waals surface area contributed by atoms with Crippen molar-refractivity contribution in [3.63, 3.8) is 0 Å². The lowest BCUT2D eigenvalue weighted by Gasteiger charge is -2.31. The molecule has 8 heteroatoms. The summed E-state index contributed by atoms with van der Waals surface area (Å²) in [6, 6.07) is 0. The highest BCUT2D eigenvalue weighted by Gasteiger charge is 2.22. The summed E-state index contributed by atoms with van der Waals surface area (Å²) < 4.78 is 7.38. The van der Waals surface area contributed by atoms with Gasteiger partial charge in [0, 0.05) is 19.6 Å². The molecule has 2 rings (SSSR count). The molecule has 1 saturated heterocycles. The molecule has 1 aliphatic rings. The van der Waals surface area contributed by atoms with Gasteiger partial charge in [-0.15, -0.1) is 10.2 Å². The van der Waals surface area contributed by atoms with E-state index in [0.29, 0.717) is 32.0 Å². The lowest BCUT2D eigenvalue weighted by Crippen LogP contribution is -2.45. The van der Waals surface area contributed by atoms with Gasteiger partial charge in [0.2, 0.25) is 5.91 Å². The van der Waals surface area contributed by atoms with E-state index in [1.54, 1.807) is 0 Å². The van der Waals surface area contributed by atoms with Gasteiger partial charge in [-0.3, -0.25) is 4.79 Å². The first kappa shape index (κ1) is 15.3. The average Bonchev–Trinajstić information content (AvgIpc) is 2.86. The zero-order valence-electron chi connectivity index (χ0n) is 11.9. The number of thioether (sulfide) groups is 1. The smallest absolute Gasteiger partial charge is 0.233 e. The monoisotopic (exact) mass is 299 g/mol. The van der Waals surface area contributed by atoms with Gasteiger partial charge in [0.25, 0.3) is 0 Å².